The highest BCUT2D eigenvalue weighted by atomic mass is 19.4. The zero-order valence-electron chi connectivity index (χ0n) is 14.4. The van der Waals surface area contributed by atoms with Crippen LogP contribution in [0, 0.1) is 5.82 Å². The third-order valence-corrected chi connectivity index (χ3v) is 4.05. The van der Waals surface area contributed by atoms with Crippen LogP contribution in [0.4, 0.5) is 23.2 Å². The molecule has 0 radical (unpaired) electrons. The molecule has 9 heteroatoms. The molecule has 0 spiro atoms. The average molecular weight is 377 g/mol. The van der Waals surface area contributed by atoms with Gasteiger partial charge in [-0.05, 0) is 24.3 Å². The van der Waals surface area contributed by atoms with Crippen molar-refractivity contribution < 1.29 is 27.1 Å². The molecular weight excluding hydrogens is 354 g/mol. The summed E-state index contributed by atoms with van der Waals surface area (Å²) in [5.74, 6) is -0.580. The number of anilines is 1. The van der Waals surface area contributed by atoms with Gasteiger partial charge < -0.3 is 15.0 Å². The second-order valence-electron chi connectivity index (χ2n) is 6.07. The standard InChI is InChI=1S/C17H23F4N3O2/c18-14-1-3-15(4-2-14)24-10-8-23(9-11-24)7-6-22-16(25)5-12-26-13-17(19,20)21/h1-4H,5-13H2,(H,22,25). The molecule has 1 amide bonds. The normalized spacial score (nSPS) is 15.9. The Morgan fingerprint density at radius 2 is 1.77 bits per heavy atom. The zero-order chi connectivity index (χ0) is 19.0. The first-order valence-electron chi connectivity index (χ1n) is 8.47. The molecule has 26 heavy (non-hydrogen) atoms. The summed E-state index contributed by atoms with van der Waals surface area (Å²) in [6.45, 7) is 2.79. The lowest BCUT2D eigenvalue weighted by atomic mass is 10.2. The fourth-order valence-corrected chi connectivity index (χ4v) is 2.68. The number of carbonyl (C=O) groups is 1. The van der Waals surface area contributed by atoms with Crippen LogP contribution in [0.1, 0.15) is 6.42 Å². The minimum absolute atomic E-state index is 0.0889. The fraction of sp³-hybridized carbons (Fsp3) is 0.588. The number of nitrogens with zero attached hydrogens (tertiary/aromatic N) is 2. The number of nitrogens with one attached hydrogen (secondary N) is 1. The maximum atomic E-state index is 13.0. The van der Waals surface area contributed by atoms with Crippen molar-refractivity contribution in [2.45, 2.75) is 12.6 Å². The first-order chi connectivity index (χ1) is 12.3. The van der Waals surface area contributed by atoms with Crippen LogP contribution >= 0.6 is 0 Å². The van der Waals surface area contributed by atoms with Crippen LogP contribution in [0.5, 0.6) is 0 Å². The fourth-order valence-electron chi connectivity index (χ4n) is 2.68. The second kappa shape index (κ2) is 9.72. The van der Waals surface area contributed by atoms with Gasteiger partial charge in [0.1, 0.15) is 12.4 Å². The number of carbonyl (C=O) groups excluding carboxylic acids is 1. The van der Waals surface area contributed by atoms with Crippen LogP contribution < -0.4 is 10.2 Å². The molecule has 1 aromatic carbocycles. The Morgan fingerprint density at radius 1 is 1.12 bits per heavy atom. The van der Waals surface area contributed by atoms with E-state index in [1.165, 1.54) is 12.1 Å². The number of hydrogen-bond donors (Lipinski definition) is 1. The maximum Gasteiger partial charge on any atom is 0.411 e. The van der Waals surface area contributed by atoms with Crippen LogP contribution in [-0.4, -0.2) is 69.5 Å². The Balaban J connectivity index is 1.56. The number of benzene rings is 1. The quantitative estimate of drug-likeness (QED) is 0.556. The lowest BCUT2D eigenvalue weighted by Gasteiger charge is -2.36. The average Bonchev–Trinajstić information content (AvgIpc) is 2.59. The molecule has 1 saturated heterocycles. The highest BCUT2D eigenvalue weighted by Gasteiger charge is 2.27. The molecule has 0 bridgehead atoms. The summed E-state index contributed by atoms with van der Waals surface area (Å²) in [6.07, 6.45) is -4.46. The largest absolute Gasteiger partial charge is 0.411 e. The van der Waals surface area contributed by atoms with E-state index >= 15 is 0 Å². The van der Waals surface area contributed by atoms with E-state index in [-0.39, 0.29) is 24.8 Å². The minimum Gasteiger partial charge on any atom is -0.372 e. The van der Waals surface area contributed by atoms with Gasteiger partial charge in [-0.3, -0.25) is 9.69 Å². The van der Waals surface area contributed by atoms with Crippen molar-refractivity contribution in [2.24, 2.45) is 0 Å². The van der Waals surface area contributed by atoms with Crippen molar-refractivity contribution in [3.8, 4) is 0 Å². The predicted molar refractivity (Wildman–Crippen MR) is 89.6 cm³/mol. The Bertz CT molecular complexity index is 558. The molecule has 1 N–H and O–H groups in total. The minimum atomic E-state index is -4.37. The Kier molecular flexibility index (Phi) is 7.65. The Labute approximate surface area is 149 Å². The number of ether oxygens (including phenoxy) is 1. The second-order valence-corrected chi connectivity index (χ2v) is 6.07. The summed E-state index contributed by atoms with van der Waals surface area (Å²) < 4.78 is 53.0. The number of rotatable bonds is 8. The van der Waals surface area contributed by atoms with Crippen molar-refractivity contribution in [1.82, 2.24) is 10.2 Å². The third-order valence-electron chi connectivity index (χ3n) is 4.05. The van der Waals surface area contributed by atoms with Crippen molar-refractivity contribution in [1.29, 1.82) is 0 Å². The summed E-state index contributed by atoms with van der Waals surface area (Å²) in [5, 5.41) is 2.68. The molecule has 0 atom stereocenters. The number of piperazine rings is 1. The SMILES string of the molecule is O=C(CCOCC(F)(F)F)NCCN1CCN(c2ccc(F)cc2)CC1. The highest BCUT2D eigenvalue weighted by Crippen LogP contribution is 2.16. The van der Waals surface area contributed by atoms with Crippen LogP contribution in [0.2, 0.25) is 0 Å². The molecule has 2 rings (SSSR count). The van der Waals surface area contributed by atoms with Gasteiger partial charge in [0.25, 0.3) is 0 Å². The summed E-state index contributed by atoms with van der Waals surface area (Å²) in [5.41, 5.74) is 0.984. The zero-order valence-corrected chi connectivity index (χ0v) is 14.4. The van der Waals surface area contributed by atoms with Crippen molar-refractivity contribution >= 4 is 11.6 Å². The number of amides is 1. The smallest absolute Gasteiger partial charge is 0.372 e. The molecule has 1 fully saturated rings. The molecule has 1 aliphatic heterocycles. The van der Waals surface area contributed by atoms with Crippen LogP contribution in [0.15, 0.2) is 24.3 Å². The molecule has 0 unspecified atom stereocenters. The van der Waals surface area contributed by atoms with Gasteiger partial charge in [-0.25, -0.2) is 4.39 Å². The summed E-state index contributed by atoms with van der Waals surface area (Å²) in [7, 11) is 0. The lowest BCUT2D eigenvalue weighted by molar-refractivity contribution is -0.174. The monoisotopic (exact) mass is 377 g/mol. The van der Waals surface area contributed by atoms with E-state index in [0.29, 0.717) is 13.1 Å². The number of hydrogen-bond acceptors (Lipinski definition) is 4. The van der Waals surface area contributed by atoms with E-state index in [1.54, 1.807) is 12.1 Å². The van der Waals surface area contributed by atoms with E-state index in [4.69, 9.17) is 0 Å². The van der Waals surface area contributed by atoms with Crippen molar-refractivity contribution in [2.75, 3.05) is 57.4 Å². The predicted octanol–water partition coefficient (Wildman–Crippen LogP) is 2.03. The van der Waals surface area contributed by atoms with E-state index < -0.39 is 12.8 Å². The van der Waals surface area contributed by atoms with Crippen LogP contribution in [0.25, 0.3) is 0 Å². The lowest BCUT2D eigenvalue weighted by Crippen LogP contribution is -2.48. The Hall–Kier alpha value is -1.87. The molecule has 0 aliphatic carbocycles. The van der Waals surface area contributed by atoms with Gasteiger partial charge in [0.15, 0.2) is 0 Å². The molecular formula is C17H23F4N3O2. The molecule has 146 valence electrons. The van der Waals surface area contributed by atoms with Gasteiger partial charge in [-0.2, -0.15) is 13.2 Å². The number of alkyl halides is 3. The van der Waals surface area contributed by atoms with Gasteiger partial charge in [-0.15, -0.1) is 0 Å². The van der Waals surface area contributed by atoms with Crippen molar-refractivity contribution in [3.05, 3.63) is 30.1 Å². The summed E-state index contributed by atoms with van der Waals surface area (Å²) >= 11 is 0. The van der Waals surface area contributed by atoms with Crippen LogP contribution in [-0.2, 0) is 9.53 Å². The van der Waals surface area contributed by atoms with Gasteiger partial charge in [0.2, 0.25) is 5.91 Å². The molecule has 1 aromatic rings. The molecule has 5 nitrogen and oxygen atoms in total. The molecule has 0 aromatic heterocycles. The topological polar surface area (TPSA) is 44.8 Å². The van der Waals surface area contributed by atoms with Crippen LogP contribution in [0.3, 0.4) is 0 Å². The Morgan fingerprint density at radius 3 is 2.38 bits per heavy atom. The first kappa shape index (κ1) is 20.4. The molecule has 1 heterocycles. The summed E-state index contributed by atoms with van der Waals surface area (Å²) in [6, 6.07) is 6.39. The first-order valence-corrected chi connectivity index (χ1v) is 8.47. The summed E-state index contributed by atoms with van der Waals surface area (Å²) in [4.78, 5) is 15.9. The highest BCUT2D eigenvalue weighted by molar-refractivity contribution is 5.75. The molecule has 0 saturated carbocycles. The van der Waals surface area contributed by atoms with E-state index in [2.05, 4.69) is 19.9 Å². The van der Waals surface area contributed by atoms with Gasteiger partial charge in [0.05, 0.1) is 6.61 Å². The molecule has 1 aliphatic rings. The van der Waals surface area contributed by atoms with Gasteiger partial charge in [0, 0.05) is 51.4 Å². The third kappa shape index (κ3) is 7.57. The maximum absolute atomic E-state index is 13.0. The van der Waals surface area contributed by atoms with E-state index in [9.17, 15) is 22.4 Å². The number of halogens is 4. The van der Waals surface area contributed by atoms with Gasteiger partial charge in [-0.1, -0.05) is 0 Å². The van der Waals surface area contributed by atoms with E-state index in [1.807, 2.05) is 0 Å². The van der Waals surface area contributed by atoms with Gasteiger partial charge >= 0.3 is 6.18 Å². The van der Waals surface area contributed by atoms with E-state index in [0.717, 1.165) is 31.9 Å². The van der Waals surface area contributed by atoms with Crippen molar-refractivity contribution in [3.63, 3.8) is 0 Å².